The summed E-state index contributed by atoms with van der Waals surface area (Å²) in [5.41, 5.74) is 0. The minimum Gasteiger partial charge on any atom is -0.481 e. The number of carboxylic acids is 3. The quantitative estimate of drug-likeness (QED) is 0.436. The summed E-state index contributed by atoms with van der Waals surface area (Å²) in [7, 11) is 0. The Morgan fingerprint density at radius 1 is 0.600 bits per heavy atom. The van der Waals surface area contributed by atoms with Gasteiger partial charge in [-0.25, -0.2) is 0 Å². The Morgan fingerprint density at radius 2 is 0.760 bits per heavy atom. The van der Waals surface area contributed by atoms with Crippen molar-refractivity contribution in [3.8, 4) is 0 Å². The van der Waals surface area contributed by atoms with E-state index in [0.29, 0.717) is 0 Å². The summed E-state index contributed by atoms with van der Waals surface area (Å²) in [6.07, 6.45) is 5.22. The van der Waals surface area contributed by atoms with Crippen LogP contribution in [-0.4, -0.2) is 33.2 Å². The molecule has 0 radical (unpaired) electrons. The van der Waals surface area contributed by atoms with E-state index in [1.807, 2.05) is 20.8 Å². The van der Waals surface area contributed by atoms with Crippen LogP contribution in [0.3, 0.4) is 0 Å². The summed E-state index contributed by atoms with van der Waals surface area (Å²) in [6.45, 7) is 11.1. The van der Waals surface area contributed by atoms with E-state index in [1.54, 1.807) is 20.8 Å². The molecular weight excluding hydrogens is 456 g/mol. The number of carboxylic acid groups (broad SMARTS) is 3. The first-order valence-electron chi connectivity index (χ1n) is 8.73. The van der Waals surface area contributed by atoms with Gasteiger partial charge in [0.05, 0.1) is 17.8 Å². The average Bonchev–Trinajstić information content (AvgIpc) is 2.49. The fraction of sp³-hybridized carbons (Fsp3) is 0.833. The van der Waals surface area contributed by atoms with E-state index in [4.69, 9.17) is 15.3 Å². The molecule has 0 aromatic rings. The molecule has 3 atom stereocenters. The molecule has 148 valence electrons. The summed E-state index contributed by atoms with van der Waals surface area (Å²) in [4.78, 5) is 30.3. The fourth-order valence-corrected chi connectivity index (χ4v) is 1.67. The molecule has 0 rings (SSSR count). The molecule has 0 aromatic carbocycles. The van der Waals surface area contributed by atoms with Crippen molar-refractivity contribution < 1.29 is 70.5 Å². The number of rotatable bonds is 9. The van der Waals surface area contributed by atoms with Gasteiger partial charge in [-0.05, 0) is 19.3 Å². The van der Waals surface area contributed by atoms with Crippen LogP contribution in [0, 0.1) is 58.6 Å². The van der Waals surface area contributed by atoms with E-state index >= 15 is 0 Å². The number of carbonyl (C=O) groups is 3. The van der Waals surface area contributed by atoms with Crippen LogP contribution >= 0.6 is 0 Å². The number of aliphatic carboxylic acids is 3. The topological polar surface area (TPSA) is 112 Å². The van der Waals surface area contributed by atoms with Crippen molar-refractivity contribution >= 4 is 17.9 Å². The van der Waals surface area contributed by atoms with Gasteiger partial charge in [0, 0.05) is 40.8 Å². The molecule has 3 unspecified atom stereocenters. The third-order valence-corrected chi connectivity index (χ3v) is 3.43. The predicted molar refractivity (Wildman–Crippen MR) is 95.1 cm³/mol. The molecule has 0 saturated heterocycles. The van der Waals surface area contributed by atoms with Crippen molar-refractivity contribution in [2.45, 2.75) is 80.1 Å². The van der Waals surface area contributed by atoms with Crippen LogP contribution in [-0.2, 0) is 14.4 Å². The van der Waals surface area contributed by atoms with Crippen LogP contribution in [0.2, 0.25) is 0 Å². The Bertz CT molecular complexity index is 294. The number of hydrogen-bond donors (Lipinski definition) is 3. The van der Waals surface area contributed by atoms with Gasteiger partial charge in [-0.1, -0.05) is 60.8 Å². The Balaban J connectivity index is -0.000000130. The third-order valence-electron chi connectivity index (χ3n) is 3.43. The summed E-state index contributed by atoms with van der Waals surface area (Å²) >= 11 is 0. The van der Waals surface area contributed by atoms with Gasteiger partial charge in [-0.2, -0.15) is 0 Å². The Morgan fingerprint density at radius 3 is 0.800 bits per heavy atom. The van der Waals surface area contributed by atoms with Crippen LogP contribution < -0.4 is 0 Å². The zero-order valence-corrected chi connectivity index (χ0v) is 19.7. The molecule has 0 spiro atoms. The predicted octanol–water partition coefficient (Wildman–Crippen LogP) is 4.52. The molecule has 0 amide bonds. The van der Waals surface area contributed by atoms with Gasteiger partial charge < -0.3 is 15.3 Å². The molecule has 0 saturated carbocycles. The maximum atomic E-state index is 10.1. The van der Waals surface area contributed by atoms with Crippen LogP contribution in [0.25, 0.3) is 0 Å². The van der Waals surface area contributed by atoms with Gasteiger partial charge in [0.1, 0.15) is 0 Å². The molecule has 0 bridgehead atoms. The molecule has 7 heteroatoms. The smallest absolute Gasteiger partial charge is 0.306 e. The first-order chi connectivity index (χ1) is 11.0. The molecule has 0 aromatic heterocycles. The molecule has 6 nitrogen and oxygen atoms in total. The minimum atomic E-state index is -0.688. The number of hydrogen-bond acceptors (Lipinski definition) is 3. The van der Waals surface area contributed by atoms with E-state index < -0.39 is 17.9 Å². The first kappa shape index (κ1) is 32.4. The van der Waals surface area contributed by atoms with Gasteiger partial charge in [0.15, 0.2) is 0 Å². The second-order valence-electron chi connectivity index (χ2n) is 6.08. The van der Waals surface area contributed by atoms with Crippen LogP contribution in [0.1, 0.15) is 80.1 Å². The molecule has 0 aliphatic rings. The monoisotopic (exact) mass is 490 g/mol. The van der Waals surface area contributed by atoms with E-state index in [9.17, 15) is 14.4 Å². The Labute approximate surface area is 185 Å². The van der Waals surface area contributed by atoms with Crippen molar-refractivity contribution in [2.75, 3.05) is 0 Å². The van der Waals surface area contributed by atoms with Crippen LogP contribution in [0.5, 0.6) is 0 Å². The van der Waals surface area contributed by atoms with Crippen molar-refractivity contribution in [1.82, 2.24) is 0 Å². The summed E-state index contributed by atoms with van der Waals surface area (Å²) < 4.78 is 0. The first-order valence-corrected chi connectivity index (χ1v) is 8.73. The fourth-order valence-electron chi connectivity index (χ4n) is 1.67. The average molecular weight is 493 g/mol. The minimum absolute atomic E-state index is 0. The SMILES string of the molecule is CCCC(C)C(=O)O.CCCC(C)C(=O)O.CCCC(C)C(=O)O.[Nd]. The van der Waals surface area contributed by atoms with Crippen LogP contribution in [0.4, 0.5) is 0 Å². The second kappa shape index (κ2) is 21.8. The maximum absolute atomic E-state index is 10.1. The van der Waals surface area contributed by atoms with Crippen LogP contribution in [0.15, 0.2) is 0 Å². The van der Waals surface area contributed by atoms with Gasteiger partial charge in [0.25, 0.3) is 0 Å². The molecular formula is C18H36NdO6. The molecule has 0 aliphatic heterocycles. The normalized spacial score (nSPS) is 12.7. The standard InChI is InChI=1S/3C6H12O2.Nd/c3*1-3-4-5(2)6(7)8;/h3*5H,3-4H2,1-2H3,(H,7,8);. The largest absolute Gasteiger partial charge is 0.481 e. The van der Waals surface area contributed by atoms with Gasteiger partial charge >= 0.3 is 17.9 Å². The summed E-state index contributed by atoms with van der Waals surface area (Å²) in [5, 5.41) is 24.9. The summed E-state index contributed by atoms with van der Waals surface area (Å²) in [6, 6.07) is 0. The molecule has 0 fully saturated rings. The van der Waals surface area contributed by atoms with Crippen molar-refractivity contribution in [1.29, 1.82) is 0 Å². The third kappa shape index (κ3) is 26.1. The molecule has 3 N–H and O–H groups in total. The van der Waals surface area contributed by atoms with Gasteiger partial charge in [0.2, 0.25) is 0 Å². The molecule has 0 aliphatic carbocycles. The van der Waals surface area contributed by atoms with Gasteiger partial charge in [-0.3, -0.25) is 14.4 Å². The second-order valence-corrected chi connectivity index (χ2v) is 6.08. The maximum Gasteiger partial charge on any atom is 0.306 e. The Hall–Kier alpha value is -0.239. The molecule has 25 heavy (non-hydrogen) atoms. The summed E-state index contributed by atoms with van der Waals surface area (Å²) in [5.74, 6) is -2.56. The van der Waals surface area contributed by atoms with E-state index in [2.05, 4.69) is 0 Å². The molecule has 0 heterocycles. The van der Waals surface area contributed by atoms with E-state index in [0.717, 1.165) is 38.5 Å². The van der Waals surface area contributed by atoms with E-state index in [-0.39, 0.29) is 58.6 Å². The Kier molecular flexibility index (Phi) is 28.3. The van der Waals surface area contributed by atoms with Gasteiger partial charge in [-0.15, -0.1) is 0 Å². The van der Waals surface area contributed by atoms with E-state index in [1.165, 1.54) is 0 Å². The van der Waals surface area contributed by atoms with Crippen molar-refractivity contribution in [3.63, 3.8) is 0 Å². The zero-order valence-electron chi connectivity index (χ0n) is 16.5. The zero-order chi connectivity index (χ0) is 19.7. The van der Waals surface area contributed by atoms with Crippen molar-refractivity contribution in [3.05, 3.63) is 0 Å². The van der Waals surface area contributed by atoms with Crippen molar-refractivity contribution in [2.24, 2.45) is 17.8 Å².